The molecule has 4 rings (SSSR count). The molecule has 0 bridgehead atoms. The molecule has 0 saturated heterocycles. The van der Waals surface area contributed by atoms with Crippen molar-refractivity contribution < 1.29 is 29.5 Å². The molecule has 0 aromatic heterocycles. The number of phenolic OH excluding ortho intramolecular Hbond substituents is 3. The average molecular weight is 557 g/mol. The maximum Gasteiger partial charge on any atom is 0.161 e. The third-order valence-corrected chi connectivity index (χ3v) is 8.52. The molecular formula is C35H40O6. The van der Waals surface area contributed by atoms with Crippen molar-refractivity contribution in [1.82, 2.24) is 0 Å². The van der Waals surface area contributed by atoms with Gasteiger partial charge in [0.25, 0.3) is 0 Å². The van der Waals surface area contributed by atoms with Crippen LogP contribution in [0.25, 0.3) is 0 Å². The van der Waals surface area contributed by atoms with Crippen LogP contribution in [0, 0.1) is 20.8 Å². The van der Waals surface area contributed by atoms with Crippen molar-refractivity contribution in [2.45, 2.75) is 52.4 Å². The summed E-state index contributed by atoms with van der Waals surface area (Å²) in [6.45, 7) is 12.0. The molecule has 4 aromatic carbocycles. The molecule has 4 aromatic rings. The van der Waals surface area contributed by atoms with Crippen molar-refractivity contribution in [3.63, 3.8) is 0 Å². The lowest BCUT2D eigenvalue weighted by Gasteiger charge is -2.34. The SMILES string of the molecule is COc1cc(C(C)(C)c2ccc(C(C)(c3cc(C)c(O)c(OC)c3)c3cc(C)c(O)c(OC)c3)cc2)cc(C)c1O. The molecule has 216 valence electrons. The minimum absolute atomic E-state index is 0.106. The Morgan fingerprint density at radius 2 is 0.780 bits per heavy atom. The number of rotatable bonds is 8. The van der Waals surface area contributed by atoms with Crippen LogP contribution in [0.5, 0.6) is 34.5 Å². The highest BCUT2D eigenvalue weighted by atomic mass is 16.5. The second kappa shape index (κ2) is 10.9. The number of aromatic hydroxyl groups is 3. The van der Waals surface area contributed by atoms with Crippen LogP contribution in [0.4, 0.5) is 0 Å². The number of phenols is 3. The van der Waals surface area contributed by atoms with E-state index in [0.29, 0.717) is 28.4 Å². The number of benzene rings is 4. The molecule has 0 saturated carbocycles. The average Bonchev–Trinajstić information content (AvgIpc) is 2.96. The minimum Gasteiger partial charge on any atom is -0.504 e. The molecule has 0 atom stereocenters. The Bertz CT molecular complexity index is 1520. The van der Waals surface area contributed by atoms with Gasteiger partial charge in [0.1, 0.15) is 0 Å². The lowest BCUT2D eigenvalue weighted by Crippen LogP contribution is -2.26. The fourth-order valence-corrected chi connectivity index (χ4v) is 5.53. The van der Waals surface area contributed by atoms with Crippen molar-refractivity contribution in [2.75, 3.05) is 21.3 Å². The van der Waals surface area contributed by atoms with E-state index in [0.717, 1.165) is 33.4 Å². The van der Waals surface area contributed by atoms with Gasteiger partial charge in [-0.3, -0.25) is 0 Å². The molecule has 0 unspecified atom stereocenters. The summed E-state index contributed by atoms with van der Waals surface area (Å²) in [6.07, 6.45) is 0. The molecule has 6 nitrogen and oxygen atoms in total. The van der Waals surface area contributed by atoms with E-state index in [-0.39, 0.29) is 22.7 Å². The van der Waals surface area contributed by atoms with E-state index in [9.17, 15) is 15.3 Å². The van der Waals surface area contributed by atoms with Gasteiger partial charge in [-0.25, -0.2) is 0 Å². The van der Waals surface area contributed by atoms with Gasteiger partial charge in [0.15, 0.2) is 34.5 Å². The minimum atomic E-state index is -0.696. The third-order valence-electron chi connectivity index (χ3n) is 8.52. The monoisotopic (exact) mass is 556 g/mol. The number of hydrogen-bond donors (Lipinski definition) is 3. The summed E-state index contributed by atoms with van der Waals surface area (Å²) in [5, 5.41) is 31.6. The molecule has 0 fully saturated rings. The Labute approximate surface area is 242 Å². The van der Waals surface area contributed by atoms with Crippen LogP contribution in [0.1, 0.15) is 65.3 Å². The van der Waals surface area contributed by atoms with Gasteiger partial charge in [-0.05, 0) is 90.4 Å². The molecule has 0 radical (unpaired) electrons. The van der Waals surface area contributed by atoms with Crippen molar-refractivity contribution in [3.8, 4) is 34.5 Å². The van der Waals surface area contributed by atoms with Crippen molar-refractivity contribution >= 4 is 0 Å². The molecule has 0 amide bonds. The maximum atomic E-state index is 10.6. The molecule has 41 heavy (non-hydrogen) atoms. The summed E-state index contributed by atoms with van der Waals surface area (Å²) >= 11 is 0. The molecule has 0 spiro atoms. The van der Waals surface area contributed by atoms with Crippen LogP contribution in [0.2, 0.25) is 0 Å². The Kier molecular flexibility index (Phi) is 7.90. The Hall–Kier alpha value is -4.32. The molecule has 0 aliphatic heterocycles. The molecule has 0 aliphatic rings. The summed E-state index contributed by atoms with van der Waals surface area (Å²) in [6, 6.07) is 20.0. The van der Waals surface area contributed by atoms with E-state index in [1.807, 2.05) is 57.2 Å². The van der Waals surface area contributed by atoms with Crippen LogP contribution in [-0.2, 0) is 10.8 Å². The molecule has 0 heterocycles. The zero-order valence-corrected chi connectivity index (χ0v) is 25.3. The quantitative estimate of drug-likeness (QED) is 0.196. The van der Waals surface area contributed by atoms with Crippen LogP contribution >= 0.6 is 0 Å². The van der Waals surface area contributed by atoms with E-state index in [4.69, 9.17) is 14.2 Å². The smallest absolute Gasteiger partial charge is 0.161 e. The van der Waals surface area contributed by atoms with Gasteiger partial charge in [0.2, 0.25) is 0 Å². The summed E-state index contributed by atoms with van der Waals surface area (Å²) in [7, 11) is 4.64. The van der Waals surface area contributed by atoms with Crippen molar-refractivity contribution in [3.05, 3.63) is 105 Å². The van der Waals surface area contributed by atoms with Gasteiger partial charge >= 0.3 is 0 Å². The first-order chi connectivity index (χ1) is 19.3. The van der Waals surface area contributed by atoms with E-state index < -0.39 is 5.41 Å². The van der Waals surface area contributed by atoms with Crippen LogP contribution in [-0.4, -0.2) is 36.6 Å². The number of aryl methyl sites for hydroxylation is 3. The number of methoxy groups -OCH3 is 3. The predicted octanol–water partition coefficient (Wildman–Crippen LogP) is 7.43. The van der Waals surface area contributed by atoms with Crippen LogP contribution in [0.15, 0.2) is 60.7 Å². The Morgan fingerprint density at radius 3 is 1.15 bits per heavy atom. The summed E-state index contributed by atoms with van der Waals surface area (Å²) < 4.78 is 16.5. The topological polar surface area (TPSA) is 88.4 Å². The molecule has 3 N–H and O–H groups in total. The zero-order valence-electron chi connectivity index (χ0n) is 25.3. The van der Waals surface area contributed by atoms with Crippen molar-refractivity contribution in [2.24, 2.45) is 0 Å². The van der Waals surface area contributed by atoms with Crippen LogP contribution < -0.4 is 14.2 Å². The molecular weight excluding hydrogens is 516 g/mol. The van der Waals surface area contributed by atoms with Crippen LogP contribution in [0.3, 0.4) is 0 Å². The van der Waals surface area contributed by atoms with Crippen molar-refractivity contribution in [1.29, 1.82) is 0 Å². The van der Waals surface area contributed by atoms with Gasteiger partial charge in [0.05, 0.1) is 21.3 Å². The zero-order chi connectivity index (χ0) is 30.3. The normalized spacial score (nSPS) is 11.8. The Morgan fingerprint density at radius 1 is 0.463 bits per heavy atom. The van der Waals surface area contributed by atoms with Gasteiger partial charge in [0, 0.05) is 10.8 Å². The summed E-state index contributed by atoms with van der Waals surface area (Å²) in [5.41, 5.74) is 6.04. The third kappa shape index (κ3) is 5.03. The highest BCUT2D eigenvalue weighted by molar-refractivity contribution is 5.60. The number of ether oxygens (including phenoxy) is 3. The number of hydrogen-bond acceptors (Lipinski definition) is 6. The first-order valence-corrected chi connectivity index (χ1v) is 13.5. The van der Waals surface area contributed by atoms with E-state index in [2.05, 4.69) is 45.0 Å². The fourth-order valence-electron chi connectivity index (χ4n) is 5.53. The Balaban J connectivity index is 1.92. The first kappa shape index (κ1) is 29.7. The molecule has 6 heteroatoms. The van der Waals surface area contributed by atoms with Gasteiger partial charge in [-0.2, -0.15) is 0 Å². The van der Waals surface area contributed by atoms with Gasteiger partial charge in [-0.15, -0.1) is 0 Å². The lowest BCUT2D eigenvalue weighted by atomic mass is 9.69. The second-order valence-corrected chi connectivity index (χ2v) is 11.4. The lowest BCUT2D eigenvalue weighted by molar-refractivity contribution is 0.369. The van der Waals surface area contributed by atoms with E-state index in [1.165, 1.54) is 0 Å². The molecule has 0 aliphatic carbocycles. The standard InChI is InChI=1S/C35H40O6/c1-20-14-25(17-28(39-7)31(20)36)34(4,5)23-10-12-24(13-11-23)35(6,26-15-21(2)32(37)29(18-26)40-8)27-16-22(3)33(38)30(19-27)41-9/h10-19,36-38H,1-9H3. The fraction of sp³-hybridized carbons (Fsp3) is 0.314. The maximum absolute atomic E-state index is 10.6. The summed E-state index contributed by atoms with van der Waals surface area (Å²) in [4.78, 5) is 0. The van der Waals surface area contributed by atoms with E-state index >= 15 is 0 Å². The predicted molar refractivity (Wildman–Crippen MR) is 162 cm³/mol. The van der Waals surface area contributed by atoms with E-state index in [1.54, 1.807) is 21.3 Å². The summed E-state index contributed by atoms with van der Waals surface area (Å²) in [5.74, 6) is 1.60. The van der Waals surface area contributed by atoms with Gasteiger partial charge < -0.3 is 29.5 Å². The van der Waals surface area contributed by atoms with Gasteiger partial charge in [-0.1, -0.05) is 56.3 Å². The second-order valence-electron chi connectivity index (χ2n) is 11.4. The largest absolute Gasteiger partial charge is 0.504 e. The highest BCUT2D eigenvalue weighted by Crippen LogP contribution is 2.47. The first-order valence-electron chi connectivity index (χ1n) is 13.5. The highest BCUT2D eigenvalue weighted by Gasteiger charge is 2.35.